The lowest BCUT2D eigenvalue weighted by atomic mass is 9.81. The maximum atomic E-state index is 3.58. The molecule has 1 N–H and O–H groups in total. The highest BCUT2D eigenvalue weighted by Gasteiger charge is 2.34. The summed E-state index contributed by atoms with van der Waals surface area (Å²) in [6.45, 7) is 7.97. The Bertz CT molecular complexity index is 313. The second-order valence-corrected chi connectivity index (χ2v) is 6.49. The van der Waals surface area contributed by atoms with Gasteiger partial charge in [-0.2, -0.15) is 0 Å². The summed E-state index contributed by atoms with van der Waals surface area (Å²) in [4.78, 5) is 2.87. The Morgan fingerprint density at radius 2 is 2.29 bits per heavy atom. The van der Waals surface area contributed by atoms with Gasteiger partial charge in [0.1, 0.15) is 0 Å². The van der Waals surface area contributed by atoms with Gasteiger partial charge < -0.3 is 5.32 Å². The van der Waals surface area contributed by atoms with Crippen molar-refractivity contribution in [1.82, 2.24) is 5.32 Å². The SMILES string of the molecule is Cc1sc(C2NCC2C(C)C)cc1Br. The third-order valence-electron chi connectivity index (χ3n) is 3.04. The number of hydrogen-bond donors (Lipinski definition) is 1. The molecule has 2 atom stereocenters. The maximum Gasteiger partial charge on any atom is 0.0458 e. The van der Waals surface area contributed by atoms with E-state index >= 15 is 0 Å². The molecule has 0 bridgehead atoms. The molecular formula is C11H16BrNS. The Hall–Kier alpha value is 0.140. The fraction of sp³-hybridized carbons (Fsp3) is 0.636. The van der Waals surface area contributed by atoms with Gasteiger partial charge in [0, 0.05) is 26.8 Å². The molecule has 78 valence electrons. The van der Waals surface area contributed by atoms with E-state index in [1.807, 2.05) is 11.3 Å². The van der Waals surface area contributed by atoms with Crippen LogP contribution in [0.1, 0.15) is 29.6 Å². The van der Waals surface area contributed by atoms with Crippen molar-refractivity contribution in [3.8, 4) is 0 Å². The normalized spacial score (nSPS) is 26.6. The molecule has 0 radical (unpaired) electrons. The zero-order valence-electron chi connectivity index (χ0n) is 8.80. The van der Waals surface area contributed by atoms with Gasteiger partial charge in [-0.05, 0) is 40.8 Å². The second-order valence-electron chi connectivity index (χ2n) is 4.35. The van der Waals surface area contributed by atoms with Gasteiger partial charge in [0.05, 0.1) is 0 Å². The molecule has 0 aromatic carbocycles. The van der Waals surface area contributed by atoms with Crippen LogP contribution in [0.3, 0.4) is 0 Å². The number of halogens is 1. The van der Waals surface area contributed by atoms with Crippen LogP contribution >= 0.6 is 27.3 Å². The van der Waals surface area contributed by atoms with Crippen LogP contribution in [0.25, 0.3) is 0 Å². The highest BCUT2D eigenvalue weighted by molar-refractivity contribution is 9.10. The van der Waals surface area contributed by atoms with Gasteiger partial charge in [0.15, 0.2) is 0 Å². The summed E-state index contributed by atoms with van der Waals surface area (Å²) in [6.07, 6.45) is 0. The Kier molecular flexibility index (Phi) is 3.01. The lowest BCUT2D eigenvalue weighted by Crippen LogP contribution is -2.47. The van der Waals surface area contributed by atoms with E-state index in [0.717, 1.165) is 11.8 Å². The number of thiophene rings is 1. The summed E-state index contributed by atoms with van der Waals surface area (Å²) in [5.41, 5.74) is 0. The number of aryl methyl sites for hydroxylation is 1. The molecule has 0 spiro atoms. The third-order valence-corrected chi connectivity index (χ3v) is 5.26. The highest BCUT2D eigenvalue weighted by Crippen LogP contribution is 2.40. The van der Waals surface area contributed by atoms with Crippen molar-refractivity contribution in [2.75, 3.05) is 6.54 Å². The molecule has 14 heavy (non-hydrogen) atoms. The van der Waals surface area contributed by atoms with E-state index in [1.54, 1.807) is 0 Å². The summed E-state index contributed by atoms with van der Waals surface area (Å²) in [5.74, 6) is 1.60. The second kappa shape index (κ2) is 3.95. The molecule has 0 amide bonds. The smallest absolute Gasteiger partial charge is 0.0458 e. The van der Waals surface area contributed by atoms with E-state index < -0.39 is 0 Å². The molecule has 1 aliphatic heterocycles. The molecule has 2 rings (SSSR count). The number of rotatable bonds is 2. The highest BCUT2D eigenvalue weighted by atomic mass is 79.9. The zero-order chi connectivity index (χ0) is 10.3. The standard InChI is InChI=1S/C11H16BrNS/c1-6(2)8-5-13-11(8)10-4-9(12)7(3)14-10/h4,6,8,11,13H,5H2,1-3H3. The fourth-order valence-corrected chi connectivity index (χ4v) is 3.65. The van der Waals surface area contributed by atoms with E-state index in [9.17, 15) is 0 Å². The van der Waals surface area contributed by atoms with Gasteiger partial charge in [-0.3, -0.25) is 0 Å². The van der Waals surface area contributed by atoms with Crippen molar-refractivity contribution in [3.63, 3.8) is 0 Å². The van der Waals surface area contributed by atoms with E-state index in [2.05, 4.69) is 48.1 Å². The first-order chi connectivity index (χ1) is 6.59. The molecule has 1 saturated heterocycles. The first kappa shape index (κ1) is 10.7. The summed E-state index contributed by atoms with van der Waals surface area (Å²) >= 11 is 5.49. The van der Waals surface area contributed by atoms with Crippen LogP contribution < -0.4 is 5.32 Å². The van der Waals surface area contributed by atoms with Crippen molar-refractivity contribution >= 4 is 27.3 Å². The Balaban J connectivity index is 2.16. The number of nitrogens with one attached hydrogen (secondary N) is 1. The predicted molar refractivity (Wildman–Crippen MR) is 65.8 cm³/mol. The molecule has 1 fully saturated rings. The lowest BCUT2D eigenvalue weighted by molar-refractivity contribution is 0.177. The van der Waals surface area contributed by atoms with Gasteiger partial charge in [0.2, 0.25) is 0 Å². The van der Waals surface area contributed by atoms with Crippen LogP contribution in [0.4, 0.5) is 0 Å². The Morgan fingerprint density at radius 1 is 1.57 bits per heavy atom. The van der Waals surface area contributed by atoms with Crippen LogP contribution in [-0.4, -0.2) is 6.54 Å². The molecule has 0 aliphatic carbocycles. The van der Waals surface area contributed by atoms with Gasteiger partial charge in [0.25, 0.3) is 0 Å². The summed E-state index contributed by atoms with van der Waals surface area (Å²) in [7, 11) is 0. The molecule has 1 aromatic rings. The maximum absolute atomic E-state index is 3.58. The van der Waals surface area contributed by atoms with E-state index in [-0.39, 0.29) is 0 Å². The molecular weight excluding hydrogens is 258 g/mol. The van der Waals surface area contributed by atoms with Crippen LogP contribution in [0, 0.1) is 18.8 Å². The molecule has 1 aliphatic rings. The van der Waals surface area contributed by atoms with Crippen molar-refractivity contribution in [2.24, 2.45) is 11.8 Å². The third kappa shape index (κ3) is 1.77. The minimum absolute atomic E-state index is 0.602. The summed E-state index contributed by atoms with van der Waals surface area (Å²) < 4.78 is 1.26. The van der Waals surface area contributed by atoms with E-state index in [4.69, 9.17) is 0 Å². The molecule has 1 nitrogen and oxygen atoms in total. The van der Waals surface area contributed by atoms with Crippen molar-refractivity contribution in [2.45, 2.75) is 26.8 Å². The van der Waals surface area contributed by atoms with Crippen molar-refractivity contribution in [3.05, 3.63) is 20.3 Å². The first-order valence-corrected chi connectivity index (χ1v) is 6.69. The van der Waals surface area contributed by atoms with E-state index in [1.165, 1.54) is 20.8 Å². The molecule has 1 aromatic heterocycles. The fourth-order valence-electron chi connectivity index (χ4n) is 1.94. The quantitative estimate of drug-likeness (QED) is 0.866. The van der Waals surface area contributed by atoms with Crippen LogP contribution in [0.2, 0.25) is 0 Å². The Labute approximate surface area is 98.0 Å². The van der Waals surface area contributed by atoms with Gasteiger partial charge in [-0.25, -0.2) is 0 Å². The topological polar surface area (TPSA) is 12.0 Å². The minimum Gasteiger partial charge on any atom is -0.309 e. The van der Waals surface area contributed by atoms with Gasteiger partial charge in [-0.1, -0.05) is 13.8 Å². The van der Waals surface area contributed by atoms with Crippen LogP contribution in [-0.2, 0) is 0 Å². The molecule has 2 heterocycles. The summed E-state index contributed by atoms with van der Waals surface area (Å²) in [5, 5.41) is 3.52. The van der Waals surface area contributed by atoms with E-state index in [0.29, 0.717) is 6.04 Å². The lowest BCUT2D eigenvalue weighted by Gasteiger charge is -2.40. The van der Waals surface area contributed by atoms with Crippen molar-refractivity contribution in [1.29, 1.82) is 0 Å². The minimum atomic E-state index is 0.602. The predicted octanol–water partition coefficient (Wildman–Crippen LogP) is 3.74. The molecule has 3 heteroatoms. The average molecular weight is 274 g/mol. The molecule has 2 unspecified atom stereocenters. The van der Waals surface area contributed by atoms with Gasteiger partial charge in [-0.15, -0.1) is 11.3 Å². The average Bonchev–Trinajstić information content (AvgIpc) is 2.27. The zero-order valence-corrected chi connectivity index (χ0v) is 11.2. The van der Waals surface area contributed by atoms with Crippen LogP contribution in [0.5, 0.6) is 0 Å². The van der Waals surface area contributed by atoms with Crippen molar-refractivity contribution < 1.29 is 0 Å². The summed E-state index contributed by atoms with van der Waals surface area (Å²) in [6, 6.07) is 2.87. The Morgan fingerprint density at radius 3 is 2.64 bits per heavy atom. The van der Waals surface area contributed by atoms with Crippen LogP contribution in [0.15, 0.2) is 10.5 Å². The largest absolute Gasteiger partial charge is 0.309 e. The number of hydrogen-bond acceptors (Lipinski definition) is 2. The monoisotopic (exact) mass is 273 g/mol. The molecule has 0 saturated carbocycles. The first-order valence-electron chi connectivity index (χ1n) is 5.09. The van der Waals surface area contributed by atoms with Gasteiger partial charge >= 0.3 is 0 Å².